The molecule has 0 saturated heterocycles. The van der Waals surface area contributed by atoms with Gasteiger partial charge in [-0.1, -0.05) is 17.4 Å². The van der Waals surface area contributed by atoms with Crippen LogP contribution in [-0.4, -0.2) is 35.5 Å². The highest BCUT2D eigenvalue weighted by Gasteiger charge is 2.13. The quantitative estimate of drug-likeness (QED) is 0.467. The highest BCUT2D eigenvalue weighted by Crippen LogP contribution is 2.28. The molecule has 3 heterocycles. The van der Waals surface area contributed by atoms with Crippen LogP contribution in [0.15, 0.2) is 52.9 Å². The molecule has 148 valence electrons. The topological polar surface area (TPSA) is 114 Å². The average Bonchev–Trinajstić information content (AvgIpc) is 3.27. The number of nitrogens with zero attached hydrogens (tertiary/aromatic N) is 3. The van der Waals surface area contributed by atoms with E-state index >= 15 is 0 Å². The smallest absolute Gasteiger partial charge is 0.232 e. The van der Waals surface area contributed by atoms with Gasteiger partial charge < -0.3 is 10.6 Å². The Balaban J connectivity index is 1.42. The van der Waals surface area contributed by atoms with Gasteiger partial charge in [-0.2, -0.15) is 0 Å². The van der Waals surface area contributed by atoms with Crippen molar-refractivity contribution in [2.45, 2.75) is 11.3 Å². The summed E-state index contributed by atoms with van der Waals surface area (Å²) in [6.45, 7) is 0. The van der Waals surface area contributed by atoms with Gasteiger partial charge in [0.2, 0.25) is 5.91 Å². The molecule has 4 rings (SSSR count). The van der Waals surface area contributed by atoms with Gasteiger partial charge >= 0.3 is 0 Å². The third kappa shape index (κ3) is 4.75. The second kappa shape index (κ2) is 7.85. The van der Waals surface area contributed by atoms with Crippen LogP contribution in [0.5, 0.6) is 0 Å². The lowest BCUT2D eigenvalue weighted by molar-refractivity contribution is -0.115. The number of pyridine rings is 1. The van der Waals surface area contributed by atoms with Crippen LogP contribution in [0.1, 0.15) is 5.69 Å². The van der Waals surface area contributed by atoms with E-state index in [4.69, 9.17) is 0 Å². The molecule has 0 aliphatic carbocycles. The number of anilines is 3. The van der Waals surface area contributed by atoms with Gasteiger partial charge in [0, 0.05) is 17.8 Å². The van der Waals surface area contributed by atoms with E-state index in [0.29, 0.717) is 32.0 Å². The van der Waals surface area contributed by atoms with E-state index in [9.17, 15) is 13.2 Å². The van der Waals surface area contributed by atoms with E-state index in [-0.39, 0.29) is 17.2 Å². The fourth-order valence-corrected chi connectivity index (χ4v) is 4.87. The Morgan fingerprint density at radius 2 is 2.00 bits per heavy atom. The molecule has 0 saturated carbocycles. The summed E-state index contributed by atoms with van der Waals surface area (Å²) in [5, 5.41) is 8.71. The van der Waals surface area contributed by atoms with Gasteiger partial charge in [-0.3, -0.25) is 4.79 Å². The third-order valence-corrected chi connectivity index (χ3v) is 6.68. The molecule has 1 aromatic carbocycles. The highest BCUT2D eigenvalue weighted by atomic mass is 32.2. The first kappa shape index (κ1) is 19.4. The molecule has 11 heteroatoms. The van der Waals surface area contributed by atoms with Crippen molar-refractivity contribution in [2.75, 3.05) is 16.9 Å². The predicted molar refractivity (Wildman–Crippen MR) is 115 cm³/mol. The molecule has 0 unspecified atom stereocenters. The van der Waals surface area contributed by atoms with Crippen LogP contribution >= 0.6 is 22.7 Å². The van der Waals surface area contributed by atoms with Crippen LogP contribution in [0.25, 0.3) is 10.2 Å². The van der Waals surface area contributed by atoms with Crippen molar-refractivity contribution < 1.29 is 13.2 Å². The van der Waals surface area contributed by atoms with Crippen molar-refractivity contribution in [1.82, 2.24) is 15.0 Å². The Bertz CT molecular complexity index is 1280. The van der Waals surface area contributed by atoms with Gasteiger partial charge in [-0.25, -0.2) is 23.4 Å². The minimum Gasteiger partial charge on any atom is -0.316 e. The Labute approximate surface area is 174 Å². The predicted octanol–water partition coefficient (Wildman–Crippen LogP) is 3.48. The maximum absolute atomic E-state index is 12.3. The third-order valence-electron chi connectivity index (χ3n) is 3.83. The van der Waals surface area contributed by atoms with E-state index in [0.717, 1.165) is 6.26 Å². The van der Waals surface area contributed by atoms with E-state index < -0.39 is 9.84 Å². The summed E-state index contributed by atoms with van der Waals surface area (Å²) >= 11 is 2.62. The number of benzene rings is 1. The minimum absolute atomic E-state index is 0.102. The molecule has 0 spiro atoms. The molecule has 29 heavy (non-hydrogen) atoms. The lowest BCUT2D eigenvalue weighted by atomic mass is 10.3. The fourth-order valence-electron chi connectivity index (χ4n) is 2.51. The summed E-state index contributed by atoms with van der Waals surface area (Å²) in [5.41, 5.74) is 1.26. The first-order valence-corrected chi connectivity index (χ1v) is 12.0. The van der Waals surface area contributed by atoms with Crippen molar-refractivity contribution in [1.29, 1.82) is 0 Å². The summed E-state index contributed by atoms with van der Waals surface area (Å²) in [6.07, 6.45) is 2.94. The number of carbonyl (C=O) groups excluding carboxylic acids is 1. The number of hydrogen-bond acceptors (Lipinski definition) is 9. The molecule has 0 radical (unpaired) electrons. The maximum atomic E-state index is 12.3. The maximum Gasteiger partial charge on any atom is 0.232 e. The lowest BCUT2D eigenvalue weighted by Gasteiger charge is -2.00. The van der Waals surface area contributed by atoms with Crippen LogP contribution in [0.2, 0.25) is 0 Å². The van der Waals surface area contributed by atoms with Gasteiger partial charge in [0.1, 0.15) is 5.82 Å². The number of carbonyl (C=O) groups is 1. The van der Waals surface area contributed by atoms with Gasteiger partial charge in [0.15, 0.2) is 20.1 Å². The molecule has 8 nitrogen and oxygen atoms in total. The Kier molecular flexibility index (Phi) is 5.26. The number of aromatic nitrogens is 3. The second-order valence-electron chi connectivity index (χ2n) is 6.13. The second-order valence-corrected chi connectivity index (χ2v) is 10.0. The molecular weight excluding hydrogens is 430 g/mol. The number of amides is 1. The molecular formula is C18H15N5O3S3. The Morgan fingerprint density at radius 3 is 2.76 bits per heavy atom. The lowest BCUT2D eigenvalue weighted by Crippen LogP contribution is -2.14. The zero-order valence-corrected chi connectivity index (χ0v) is 17.6. The average molecular weight is 446 g/mol. The summed E-state index contributed by atoms with van der Waals surface area (Å²) < 4.78 is 24.1. The SMILES string of the molecule is CS(=O)(=O)c1ccc2nc(NC(=O)Cc3csc(Nc4ccccn4)n3)sc2c1. The van der Waals surface area contributed by atoms with Crippen LogP contribution in [-0.2, 0) is 21.1 Å². The van der Waals surface area contributed by atoms with E-state index in [1.165, 1.54) is 28.7 Å². The zero-order chi connectivity index (χ0) is 20.4. The zero-order valence-electron chi connectivity index (χ0n) is 15.1. The van der Waals surface area contributed by atoms with E-state index in [1.807, 2.05) is 23.6 Å². The summed E-state index contributed by atoms with van der Waals surface area (Å²) in [6, 6.07) is 10.2. The van der Waals surface area contributed by atoms with E-state index in [1.54, 1.807) is 18.3 Å². The summed E-state index contributed by atoms with van der Waals surface area (Å²) in [4.78, 5) is 25.5. The van der Waals surface area contributed by atoms with Gasteiger partial charge in [-0.05, 0) is 30.3 Å². The fraction of sp³-hybridized carbons (Fsp3) is 0.111. The highest BCUT2D eigenvalue weighted by molar-refractivity contribution is 7.90. The molecule has 2 N–H and O–H groups in total. The number of thiazole rings is 2. The number of rotatable bonds is 6. The first-order valence-electron chi connectivity index (χ1n) is 8.40. The van der Waals surface area contributed by atoms with E-state index in [2.05, 4.69) is 25.6 Å². The number of fused-ring (bicyclic) bond motifs is 1. The monoisotopic (exact) mass is 445 g/mol. The molecule has 1 amide bonds. The molecule has 0 fully saturated rings. The molecule has 0 aliphatic heterocycles. The number of hydrogen-bond donors (Lipinski definition) is 2. The molecule has 0 bridgehead atoms. The van der Waals surface area contributed by atoms with Crippen LogP contribution < -0.4 is 10.6 Å². The van der Waals surface area contributed by atoms with Crippen LogP contribution in [0.4, 0.5) is 16.1 Å². The minimum atomic E-state index is -3.30. The van der Waals surface area contributed by atoms with Crippen molar-refractivity contribution in [3.8, 4) is 0 Å². The summed E-state index contributed by atoms with van der Waals surface area (Å²) in [7, 11) is -3.30. The van der Waals surface area contributed by atoms with Crippen molar-refractivity contribution in [3.63, 3.8) is 0 Å². The molecule has 3 aromatic heterocycles. The number of nitrogens with one attached hydrogen (secondary N) is 2. The normalized spacial score (nSPS) is 11.5. The van der Waals surface area contributed by atoms with Crippen molar-refractivity contribution in [3.05, 3.63) is 53.7 Å². The Hall–Kier alpha value is -2.89. The standard InChI is InChI=1S/C18H15N5O3S3/c1-29(25,26)12-5-6-13-14(9-12)28-18(21-13)23-16(24)8-11-10-27-17(20-11)22-15-4-2-3-7-19-15/h2-7,9-10H,8H2,1H3,(H,19,20,22)(H,21,23,24). The Morgan fingerprint density at radius 1 is 1.14 bits per heavy atom. The van der Waals surface area contributed by atoms with Crippen molar-refractivity contribution in [2.24, 2.45) is 0 Å². The van der Waals surface area contributed by atoms with Gasteiger partial charge in [-0.15, -0.1) is 11.3 Å². The largest absolute Gasteiger partial charge is 0.316 e. The van der Waals surface area contributed by atoms with Crippen molar-refractivity contribution >= 4 is 64.7 Å². The molecule has 4 aromatic rings. The van der Waals surface area contributed by atoms with Crippen LogP contribution in [0.3, 0.4) is 0 Å². The van der Waals surface area contributed by atoms with Gasteiger partial charge in [0.25, 0.3) is 0 Å². The first-order chi connectivity index (χ1) is 13.9. The van der Waals surface area contributed by atoms with Crippen LogP contribution in [0, 0.1) is 0 Å². The number of sulfone groups is 1. The summed E-state index contributed by atoms with van der Waals surface area (Å²) in [5.74, 6) is 0.433. The molecule has 0 aliphatic rings. The van der Waals surface area contributed by atoms with Gasteiger partial charge in [0.05, 0.1) is 27.2 Å². The molecule has 0 atom stereocenters.